The van der Waals surface area contributed by atoms with Crippen molar-refractivity contribution in [3.63, 3.8) is 0 Å². The smallest absolute Gasteiger partial charge is 0.138 e. The average molecular weight is 358 g/mol. The van der Waals surface area contributed by atoms with Crippen LogP contribution >= 0.6 is 39.3 Å². The van der Waals surface area contributed by atoms with Crippen LogP contribution in [0.25, 0.3) is 0 Å². The standard InChI is InChI=1S/C14H14BrClN2S/c1-2-12-10(7-16)8-17-14(18-12)9-19-13-6-4-3-5-11(13)15/h3-6,8H,2,7,9H2,1H3. The van der Waals surface area contributed by atoms with Crippen molar-refractivity contribution in [2.45, 2.75) is 29.9 Å². The van der Waals surface area contributed by atoms with Gasteiger partial charge in [-0.25, -0.2) is 9.97 Å². The summed E-state index contributed by atoms with van der Waals surface area (Å²) in [4.78, 5) is 10.1. The number of hydrogen-bond acceptors (Lipinski definition) is 3. The number of hydrogen-bond donors (Lipinski definition) is 0. The summed E-state index contributed by atoms with van der Waals surface area (Å²) >= 11 is 11.1. The van der Waals surface area contributed by atoms with Crippen molar-refractivity contribution in [2.75, 3.05) is 0 Å². The quantitative estimate of drug-likeness (QED) is 0.566. The fourth-order valence-electron chi connectivity index (χ4n) is 1.67. The second-order valence-electron chi connectivity index (χ2n) is 3.96. The molecule has 0 spiro atoms. The molecule has 1 aromatic carbocycles. The van der Waals surface area contributed by atoms with Gasteiger partial charge in [0.05, 0.1) is 11.6 Å². The number of rotatable bonds is 5. The minimum atomic E-state index is 0.473. The molecule has 0 radical (unpaired) electrons. The minimum absolute atomic E-state index is 0.473. The highest BCUT2D eigenvalue weighted by Crippen LogP contribution is 2.29. The summed E-state index contributed by atoms with van der Waals surface area (Å²) in [6.07, 6.45) is 2.73. The van der Waals surface area contributed by atoms with Crippen LogP contribution in [-0.2, 0) is 18.1 Å². The maximum absolute atomic E-state index is 5.87. The molecular formula is C14H14BrClN2S. The molecule has 0 bridgehead atoms. The van der Waals surface area contributed by atoms with Gasteiger partial charge in [-0.1, -0.05) is 19.1 Å². The topological polar surface area (TPSA) is 25.8 Å². The maximum atomic E-state index is 5.87. The first-order valence-electron chi connectivity index (χ1n) is 6.01. The van der Waals surface area contributed by atoms with Crippen molar-refractivity contribution in [1.29, 1.82) is 0 Å². The lowest BCUT2D eigenvalue weighted by Gasteiger charge is -2.07. The van der Waals surface area contributed by atoms with Gasteiger partial charge in [-0.3, -0.25) is 0 Å². The second-order valence-corrected chi connectivity index (χ2v) is 6.10. The van der Waals surface area contributed by atoms with Crippen molar-refractivity contribution < 1.29 is 0 Å². The molecule has 0 amide bonds. The van der Waals surface area contributed by atoms with Gasteiger partial charge < -0.3 is 0 Å². The molecule has 1 aromatic heterocycles. The summed E-state index contributed by atoms with van der Waals surface area (Å²) in [5.41, 5.74) is 2.08. The molecule has 0 fully saturated rings. The van der Waals surface area contributed by atoms with Crippen LogP contribution in [0.15, 0.2) is 39.8 Å². The first-order chi connectivity index (χ1) is 9.24. The van der Waals surface area contributed by atoms with E-state index in [0.29, 0.717) is 5.88 Å². The Balaban J connectivity index is 2.10. The largest absolute Gasteiger partial charge is 0.240 e. The van der Waals surface area contributed by atoms with Crippen molar-refractivity contribution in [2.24, 2.45) is 0 Å². The Labute approximate surface area is 131 Å². The third-order valence-corrected chi connectivity index (χ3v) is 4.99. The van der Waals surface area contributed by atoms with E-state index in [1.54, 1.807) is 11.8 Å². The van der Waals surface area contributed by atoms with Crippen molar-refractivity contribution in [3.8, 4) is 0 Å². The van der Waals surface area contributed by atoms with Crippen molar-refractivity contribution in [1.82, 2.24) is 9.97 Å². The molecular weight excluding hydrogens is 344 g/mol. The molecule has 2 rings (SSSR count). The molecule has 0 aliphatic heterocycles. The van der Waals surface area contributed by atoms with E-state index in [2.05, 4.69) is 38.9 Å². The van der Waals surface area contributed by atoms with Gasteiger partial charge in [0.2, 0.25) is 0 Å². The normalized spacial score (nSPS) is 10.7. The number of halogens is 2. The van der Waals surface area contributed by atoms with Crippen LogP contribution in [0.1, 0.15) is 24.0 Å². The molecule has 0 aliphatic carbocycles. The summed E-state index contributed by atoms with van der Waals surface area (Å²) in [6.45, 7) is 2.09. The molecule has 0 saturated carbocycles. The highest BCUT2D eigenvalue weighted by Gasteiger charge is 2.06. The first-order valence-corrected chi connectivity index (χ1v) is 8.32. The van der Waals surface area contributed by atoms with Crippen LogP contribution in [-0.4, -0.2) is 9.97 Å². The van der Waals surface area contributed by atoms with Gasteiger partial charge >= 0.3 is 0 Å². The van der Waals surface area contributed by atoms with Gasteiger partial charge in [0.25, 0.3) is 0 Å². The number of benzene rings is 1. The molecule has 0 saturated heterocycles. The highest BCUT2D eigenvalue weighted by molar-refractivity contribution is 9.10. The average Bonchev–Trinajstić information content (AvgIpc) is 2.46. The molecule has 2 aromatic rings. The Morgan fingerprint density at radius 2 is 2.11 bits per heavy atom. The molecule has 0 atom stereocenters. The Morgan fingerprint density at radius 3 is 2.79 bits per heavy atom. The number of aryl methyl sites for hydroxylation is 1. The van der Waals surface area contributed by atoms with Gasteiger partial charge in [0.15, 0.2) is 0 Å². The zero-order valence-corrected chi connectivity index (χ0v) is 13.7. The lowest BCUT2D eigenvalue weighted by molar-refractivity contribution is 0.912. The second kappa shape index (κ2) is 7.27. The first kappa shape index (κ1) is 14.8. The predicted octanol–water partition coefficient (Wildman–Crippen LogP) is 4.83. The molecule has 1 heterocycles. The van der Waals surface area contributed by atoms with Crippen LogP contribution < -0.4 is 0 Å². The summed E-state index contributed by atoms with van der Waals surface area (Å²) in [6, 6.07) is 8.16. The molecule has 100 valence electrons. The minimum Gasteiger partial charge on any atom is -0.240 e. The zero-order valence-electron chi connectivity index (χ0n) is 10.6. The van der Waals surface area contributed by atoms with E-state index in [-0.39, 0.29) is 0 Å². The number of alkyl halides is 1. The van der Waals surface area contributed by atoms with E-state index in [1.807, 2.05) is 24.4 Å². The SMILES string of the molecule is CCc1nc(CSc2ccccc2Br)ncc1CCl. The van der Waals surface area contributed by atoms with E-state index in [1.165, 1.54) is 4.90 Å². The molecule has 19 heavy (non-hydrogen) atoms. The summed E-state index contributed by atoms with van der Waals surface area (Å²) in [7, 11) is 0. The number of thioether (sulfide) groups is 1. The third kappa shape index (κ3) is 3.94. The number of aromatic nitrogens is 2. The molecule has 5 heteroatoms. The number of nitrogens with zero attached hydrogens (tertiary/aromatic N) is 2. The Morgan fingerprint density at radius 1 is 1.32 bits per heavy atom. The Hall–Kier alpha value is -0.580. The summed E-state index contributed by atoms with van der Waals surface area (Å²) in [5.74, 6) is 2.09. The van der Waals surface area contributed by atoms with Gasteiger partial charge in [-0.15, -0.1) is 23.4 Å². The van der Waals surface area contributed by atoms with Gasteiger partial charge in [-0.2, -0.15) is 0 Å². The molecule has 0 N–H and O–H groups in total. The Kier molecular flexibility index (Phi) is 5.67. The van der Waals surface area contributed by atoms with E-state index in [4.69, 9.17) is 11.6 Å². The highest BCUT2D eigenvalue weighted by atomic mass is 79.9. The van der Waals surface area contributed by atoms with Crippen LogP contribution in [0.3, 0.4) is 0 Å². The van der Waals surface area contributed by atoms with Crippen LogP contribution in [0.2, 0.25) is 0 Å². The predicted molar refractivity (Wildman–Crippen MR) is 84.7 cm³/mol. The van der Waals surface area contributed by atoms with Crippen LogP contribution in [0.4, 0.5) is 0 Å². The Bertz CT molecular complexity index is 563. The lowest BCUT2D eigenvalue weighted by Crippen LogP contribution is -2.01. The van der Waals surface area contributed by atoms with E-state index in [9.17, 15) is 0 Å². The van der Waals surface area contributed by atoms with E-state index >= 15 is 0 Å². The zero-order chi connectivity index (χ0) is 13.7. The lowest BCUT2D eigenvalue weighted by atomic mass is 10.2. The fourth-order valence-corrected chi connectivity index (χ4v) is 3.33. The molecule has 0 unspecified atom stereocenters. The fraction of sp³-hybridized carbons (Fsp3) is 0.286. The molecule has 0 aliphatic rings. The molecule has 2 nitrogen and oxygen atoms in total. The monoisotopic (exact) mass is 356 g/mol. The maximum Gasteiger partial charge on any atom is 0.138 e. The summed E-state index contributed by atoms with van der Waals surface area (Å²) in [5, 5.41) is 0. The van der Waals surface area contributed by atoms with E-state index in [0.717, 1.165) is 33.7 Å². The van der Waals surface area contributed by atoms with Crippen molar-refractivity contribution in [3.05, 3.63) is 52.0 Å². The van der Waals surface area contributed by atoms with Crippen LogP contribution in [0, 0.1) is 0 Å². The van der Waals surface area contributed by atoms with Crippen molar-refractivity contribution >= 4 is 39.3 Å². The van der Waals surface area contributed by atoms with Gasteiger partial charge in [0, 0.05) is 26.8 Å². The van der Waals surface area contributed by atoms with E-state index < -0.39 is 0 Å². The van der Waals surface area contributed by atoms with Gasteiger partial charge in [0.1, 0.15) is 5.82 Å². The van der Waals surface area contributed by atoms with Gasteiger partial charge in [-0.05, 0) is 34.5 Å². The third-order valence-electron chi connectivity index (χ3n) is 2.68. The van der Waals surface area contributed by atoms with Crippen LogP contribution in [0.5, 0.6) is 0 Å². The summed E-state index contributed by atoms with van der Waals surface area (Å²) < 4.78 is 1.10.